The van der Waals surface area contributed by atoms with E-state index in [1.165, 1.54) is 0 Å². The highest BCUT2D eigenvalue weighted by Gasteiger charge is 2.36. The molecule has 2 aromatic rings. The van der Waals surface area contributed by atoms with Crippen LogP contribution in [0, 0.1) is 0 Å². The summed E-state index contributed by atoms with van der Waals surface area (Å²) < 4.78 is 0. The summed E-state index contributed by atoms with van der Waals surface area (Å²) in [7, 11) is 0. The summed E-state index contributed by atoms with van der Waals surface area (Å²) in [4.78, 5) is 52.5. The van der Waals surface area contributed by atoms with Crippen LogP contribution in [0.25, 0.3) is 0 Å². The number of aryl methyl sites for hydroxylation is 2. The smallest absolute Gasteiger partial charge is 0.262 e. The molecule has 0 unspecified atom stereocenters. The van der Waals surface area contributed by atoms with Gasteiger partial charge in [0.15, 0.2) is 0 Å². The van der Waals surface area contributed by atoms with E-state index in [4.69, 9.17) is 0 Å². The summed E-state index contributed by atoms with van der Waals surface area (Å²) in [5, 5.41) is 2.82. The minimum absolute atomic E-state index is 0.154. The molecule has 7 heteroatoms. The van der Waals surface area contributed by atoms with E-state index in [1.807, 2.05) is 17.0 Å². The van der Waals surface area contributed by atoms with Crippen LogP contribution >= 0.6 is 0 Å². The molecule has 7 nitrogen and oxygen atoms in total. The lowest BCUT2D eigenvalue weighted by Gasteiger charge is -2.35. The maximum atomic E-state index is 12.6. The van der Waals surface area contributed by atoms with Gasteiger partial charge >= 0.3 is 0 Å². The average molecular weight is 389 g/mol. The van der Waals surface area contributed by atoms with Gasteiger partial charge in [-0.05, 0) is 54.7 Å². The third kappa shape index (κ3) is 2.81. The van der Waals surface area contributed by atoms with Gasteiger partial charge in [0.1, 0.15) is 6.54 Å². The molecule has 0 aromatic heterocycles. The van der Waals surface area contributed by atoms with E-state index in [-0.39, 0.29) is 12.5 Å². The summed E-state index contributed by atoms with van der Waals surface area (Å²) in [5.41, 5.74) is 4.39. The lowest BCUT2D eigenvalue weighted by atomic mass is 9.91. The number of rotatable bonds is 3. The minimum atomic E-state index is -0.449. The predicted molar refractivity (Wildman–Crippen MR) is 106 cm³/mol. The quantitative estimate of drug-likeness (QED) is 0.815. The summed E-state index contributed by atoms with van der Waals surface area (Å²) >= 11 is 0. The first-order chi connectivity index (χ1) is 14.0. The van der Waals surface area contributed by atoms with Gasteiger partial charge in [0.05, 0.1) is 16.8 Å². The summed E-state index contributed by atoms with van der Waals surface area (Å²) in [6.45, 7) is 0.410. The fourth-order valence-electron chi connectivity index (χ4n) is 4.45. The van der Waals surface area contributed by atoms with Crippen LogP contribution in [-0.4, -0.2) is 41.6 Å². The highest BCUT2D eigenvalue weighted by Crippen LogP contribution is 2.37. The van der Waals surface area contributed by atoms with Crippen molar-refractivity contribution < 1.29 is 19.2 Å². The van der Waals surface area contributed by atoms with Crippen molar-refractivity contribution in [3.05, 3.63) is 58.7 Å². The normalized spacial score (nSPS) is 17.3. The van der Waals surface area contributed by atoms with Crippen molar-refractivity contribution in [2.75, 3.05) is 23.3 Å². The van der Waals surface area contributed by atoms with Crippen molar-refractivity contribution in [3.63, 3.8) is 0 Å². The SMILES string of the molecule is O=C(CN1C(=O)c2ccccc2C1=O)Nc1cc2c3c(c1)CCC(=O)N3CCC2. The van der Waals surface area contributed by atoms with Gasteiger partial charge in [-0.2, -0.15) is 0 Å². The molecule has 0 radical (unpaired) electrons. The molecule has 0 bridgehead atoms. The van der Waals surface area contributed by atoms with Gasteiger partial charge in [0.2, 0.25) is 11.8 Å². The molecule has 29 heavy (non-hydrogen) atoms. The molecule has 0 aliphatic carbocycles. The van der Waals surface area contributed by atoms with E-state index < -0.39 is 17.7 Å². The number of imide groups is 1. The van der Waals surface area contributed by atoms with E-state index in [0.29, 0.717) is 29.7 Å². The first-order valence-electron chi connectivity index (χ1n) is 9.74. The zero-order chi connectivity index (χ0) is 20.1. The Kier molecular flexibility index (Phi) is 3.97. The molecule has 5 rings (SSSR count). The van der Waals surface area contributed by atoms with Gasteiger partial charge in [0.25, 0.3) is 11.8 Å². The van der Waals surface area contributed by atoms with Crippen molar-refractivity contribution in [2.24, 2.45) is 0 Å². The molecule has 146 valence electrons. The number of hydrogen-bond acceptors (Lipinski definition) is 4. The molecular formula is C22H19N3O4. The highest BCUT2D eigenvalue weighted by atomic mass is 16.2. The summed E-state index contributed by atoms with van der Waals surface area (Å²) in [6.07, 6.45) is 2.87. The lowest BCUT2D eigenvalue weighted by Crippen LogP contribution is -2.39. The minimum Gasteiger partial charge on any atom is -0.325 e. The monoisotopic (exact) mass is 389 g/mol. The zero-order valence-electron chi connectivity index (χ0n) is 15.7. The van der Waals surface area contributed by atoms with Crippen LogP contribution in [-0.2, 0) is 22.4 Å². The number of carbonyl (C=O) groups is 4. The molecule has 0 fully saturated rings. The molecule has 2 aromatic carbocycles. The average Bonchev–Trinajstić information content (AvgIpc) is 2.96. The Hall–Kier alpha value is -3.48. The van der Waals surface area contributed by atoms with Gasteiger partial charge < -0.3 is 10.2 Å². The van der Waals surface area contributed by atoms with Gasteiger partial charge in [-0.25, -0.2) is 0 Å². The van der Waals surface area contributed by atoms with Gasteiger partial charge in [0, 0.05) is 18.7 Å². The van der Waals surface area contributed by atoms with Crippen molar-refractivity contribution in [1.82, 2.24) is 4.90 Å². The second-order valence-electron chi connectivity index (χ2n) is 7.58. The van der Waals surface area contributed by atoms with Crippen LogP contribution in [0.2, 0.25) is 0 Å². The first-order valence-corrected chi connectivity index (χ1v) is 9.74. The molecule has 0 saturated heterocycles. The van der Waals surface area contributed by atoms with Crippen LogP contribution in [0.15, 0.2) is 36.4 Å². The largest absolute Gasteiger partial charge is 0.325 e. The van der Waals surface area contributed by atoms with E-state index >= 15 is 0 Å². The van der Waals surface area contributed by atoms with Crippen molar-refractivity contribution in [1.29, 1.82) is 0 Å². The Balaban J connectivity index is 1.36. The molecule has 3 aliphatic heterocycles. The second-order valence-corrected chi connectivity index (χ2v) is 7.58. The number of benzene rings is 2. The fraction of sp³-hybridized carbons (Fsp3) is 0.273. The number of hydrogen-bond donors (Lipinski definition) is 1. The highest BCUT2D eigenvalue weighted by molar-refractivity contribution is 6.22. The topological polar surface area (TPSA) is 86.8 Å². The molecule has 1 N–H and O–H groups in total. The number of fused-ring (bicyclic) bond motifs is 1. The fourth-order valence-corrected chi connectivity index (χ4v) is 4.45. The van der Waals surface area contributed by atoms with Crippen LogP contribution in [0.1, 0.15) is 44.7 Å². The molecule has 0 spiro atoms. The maximum Gasteiger partial charge on any atom is 0.262 e. The Labute approximate surface area is 167 Å². The molecule has 3 aliphatic rings. The third-order valence-electron chi connectivity index (χ3n) is 5.74. The molecule has 4 amide bonds. The number of anilines is 2. The molecule has 0 saturated carbocycles. The summed E-state index contributed by atoms with van der Waals surface area (Å²) in [5.74, 6) is -1.17. The second kappa shape index (κ2) is 6.55. The summed E-state index contributed by atoms with van der Waals surface area (Å²) in [6, 6.07) is 10.4. The van der Waals surface area contributed by atoms with Gasteiger partial charge in [-0.3, -0.25) is 24.1 Å². The lowest BCUT2D eigenvalue weighted by molar-refractivity contribution is -0.119. The van der Waals surface area contributed by atoms with E-state index in [1.54, 1.807) is 24.3 Å². The number of amides is 4. The number of nitrogens with one attached hydrogen (secondary N) is 1. The van der Waals surface area contributed by atoms with Crippen LogP contribution in [0.3, 0.4) is 0 Å². The number of nitrogens with zero attached hydrogens (tertiary/aromatic N) is 2. The number of carbonyl (C=O) groups excluding carboxylic acids is 4. The molecular weight excluding hydrogens is 370 g/mol. The van der Waals surface area contributed by atoms with Crippen LogP contribution < -0.4 is 10.2 Å². The standard InChI is InChI=1S/C22H19N3O4/c26-18(12-25-21(28)16-5-1-2-6-17(16)22(25)29)23-15-10-13-4-3-9-24-19(27)8-7-14(11-15)20(13)24/h1-2,5-6,10-11H,3-4,7-9,12H2,(H,23,26). The van der Waals surface area contributed by atoms with E-state index in [2.05, 4.69) is 5.32 Å². The molecule has 3 heterocycles. The van der Waals surface area contributed by atoms with Crippen LogP contribution in [0.4, 0.5) is 11.4 Å². The van der Waals surface area contributed by atoms with Gasteiger partial charge in [-0.1, -0.05) is 12.1 Å². The Morgan fingerprint density at radius 1 is 0.931 bits per heavy atom. The third-order valence-corrected chi connectivity index (χ3v) is 5.74. The Morgan fingerprint density at radius 3 is 2.28 bits per heavy atom. The van der Waals surface area contributed by atoms with E-state index in [9.17, 15) is 19.2 Å². The van der Waals surface area contributed by atoms with E-state index in [0.717, 1.165) is 41.1 Å². The Morgan fingerprint density at radius 2 is 1.59 bits per heavy atom. The van der Waals surface area contributed by atoms with Crippen molar-refractivity contribution in [3.8, 4) is 0 Å². The van der Waals surface area contributed by atoms with Crippen molar-refractivity contribution in [2.45, 2.75) is 25.7 Å². The molecule has 0 atom stereocenters. The Bertz CT molecular complexity index is 1040. The predicted octanol–water partition coefficient (Wildman–Crippen LogP) is 2.15. The van der Waals surface area contributed by atoms with Crippen molar-refractivity contribution >= 4 is 35.0 Å². The zero-order valence-corrected chi connectivity index (χ0v) is 15.7. The maximum absolute atomic E-state index is 12.6. The first kappa shape index (κ1) is 17.6. The van der Waals surface area contributed by atoms with Crippen LogP contribution in [0.5, 0.6) is 0 Å². The van der Waals surface area contributed by atoms with Gasteiger partial charge in [-0.15, -0.1) is 0 Å².